The van der Waals surface area contributed by atoms with Crippen molar-refractivity contribution in [3.63, 3.8) is 0 Å². The molecule has 0 spiro atoms. The minimum absolute atomic E-state index is 0.00817. The topological polar surface area (TPSA) is 61.4 Å². The Kier molecular flexibility index (Phi) is 4.66. The van der Waals surface area contributed by atoms with E-state index < -0.39 is 5.54 Å². The highest BCUT2D eigenvalue weighted by Gasteiger charge is 2.46. The van der Waals surface area contributed by atoms with Gasteiger partial charge in [-0.2, -0.15) is 0 Å². The quantitative estimate of drug-likeness (QED) is 0.890. The van der Waals surface area contributed by atoms with Gasteiger partial charge in [0.2, 0.25) is 5.91 Å². The second-order valence-electron chi connectivity index (χ2n) is 6.70. The lowest BCUT2D eigenvalue weighted by atomic mass is 9.95. The van der Waals surface area contributed by atoms with E-state index in [-0.39, 0.29) is 17.9 Å². The number of rotatable bonds is 3. The molecule has 124 valence electrons. The third-order valence-corrected chi connectivity index (χ3v) is 5.07. The number of hydrogen-bond acceptors (Lipinski definition) is 3. The minimum Gasteiger partial charge on any atom is -0.351 e. The number of likely N-dealkylation sites (tertiary alicyclic amines) is 1. The van der Waals surface area contributed by atoms with E-state index in [9.17, 15) is 9.59 Å². The Bertz CT molecular complexity index is 569. The van der Waals surface area contributed by atoms with Gasteiger partial charge in [-0.25, -0.2) is 0 Å². The van der Waals surface area contributed by atoms with Crippen LogP contribution in [0.2, 0.25) is 0 Å². The van der Waals surface area contributed by atoms with E-state index >= 15 is 0 Å². The molecule has 5 nitrogen and oxygen atoms in total. The smallest absolute Gasteiger partial charge is 0.254 e. The monoisotopic (exact) mass is 315 g/mol. The Morgan fingerprint density at radius 2 is 1.91 bits per heavy atom. The van der Waals surface area contributed by atoms with Gasteiger partial charge in [-0.05, 0) is 57.8 Å². The Morgan fingerprint density at radius 1 is 1.22 bits per heavy atom. The van der Waals surface area contributed by atoms with Gasteiger partial charge in [0.25, 0.3) is 5.91 Å². The molecule has 2 saturated heterocycles. The second-order valence-corrected chi connectivity index (χ2v) is 6.70. The third kappa shape index (κ3) is 3.24. The highest BCUT2D eigenvalue weighted by molar-refractivity contribution is 5.99. The summed E-state index contributed by atoms with van der Waals surface area (Å²) in [6, 6.07) is 9.45. The molecule has 2 N–H and O–H groups in total. The summed E-state index contributed by atoms with van der Waals surface area (Å²) < 4.78 is 0. The van der Waals surface area contributed by atoms with Crippen LogP contribution in [0.1, 0.15) is 43.0 Å². The summed E-state index contributed by atoms with van der Waals surface area (Å²) in [6.07, 6.45) is 3.50. The fraction of sp³-hybridized carbons (Fsp3) is 0.556. The first kappa shape index (κ1) is 16.0. The maximum atomic E-state index is 12.9. The van der Waals surface area contributed by atoms with Crippen LogP contribution in [-0.2, 0) is 4.79 Å². The van der Waals surface area contributed by atoms with Crippen molar-refractivity contribution < 1.29 is 9.59 Å². The lowest BCUT2D eigenvalue weighted by Crippen LogP contribution is -2.58. The van der Waals surface area contributed by atoms with Gasteiger partial charge in [-0.1, -0.05) is 18.2 Å². The SMILES string of the molecule is CC1(C(=O)NC2CCNCC2)CCCN1C(=O)c1ccccc1. The molecule has 0 aromatic heterocycles. The molecule has 1 atom stereocenters. The summed E-state index contributed by atoms with van der Waals surface area (Å²) in [4.78, 5) is 27.4. The zero-order chi connectivity index (χ0) is 16.3. The van der Waals surface area contributed by atoms with E-state index in [0.29, 0.717) is 12.1 Å². The van der Waals surface area contributed by atoms with Crippen LogP contribution < -0.4 is 10.6 Å². The summed E-state index contributed by atoms with van der Waals surface area (Å²) in [7, 11) is 0. The van der Waals surface area contributed by atoms with Crippen molar-refractivity contribution in [1.82, 2.24) is 15.5 Å². The van der Waals surface area contributed by atoms with Crippen LogP contribution in [0.4, 0.5) is 0 Å². The van der Waals surface area contributed by atoms with E-state index in [1.54, 1.807) is 4.90 Å². The van der Waals surface area contributed by atoms with Crippen LogP contribution in [0.25, 0.3) is 0 Å². The predicted octanol–water partition coefficient (Wildman–Crippen LogP) is 1.55. The number of hydrogen-bond donors (Lipinski definition) is 2. The number of piperidine rings is 1. The fourth-order valence-electron chi connectivity index (χ4n) is 3.57. The predicted molar refractivity (Wildman–Crippen MR) is 89.2 cm³/mol. The van der Waals surface area contributed by atoms with Gasteiger partial charge in [-0.3, -0.25) is 9.59 Å². The number of carbonyl (C=O) groups is 2. The van der Waals surface area contributed by atoms with E-state index in [1.807, 2.05) is 37.3 Å². The van der Waals surface area contributed by atoms with Gasteiger partial charge in [0.15, 0.2) is 0 Å². The molecule has 1 aromatic carbocycles. The van der Waals surface area contributed by atoms with Crippen LogP contribution in [0.5, 0.6) is 0 Å². The van der Waals surface area contributed by atoms with Gasteiger partial charge in [0, 0.05) is 18.2 Å². The van der Waals surface area contributed by atoms with Crippen molar-refractivity contribution in [2.75, 3.05) is 19.6 Å². The molecule has 2 fully saturated rings. The van der Waals surface area contributed by atoms with Crippen molar-refractivity contribution in [2.45, 2.75) is 44.2 Å². The van der Waals surface area contributed by atoms with E-state index in [1.165, 1.54) is 0 Å². The number of benzene rings is 1. The molecule has 0 bridgehead atoms. The Labute approximate surface area is 137 Å². The third-order valence-electron chi connectivity index (χ3n) is 5.07. The molecule has 1 unspecified atom stereocenters. The molecule has 0 saturated carbocycles. The summed E-state index contributed by atoms with van der Waals surface area (Å²) >= 11 is 0. The molecule has 1 aromatic rings. The molecule has 23 heavy (non-hydrogen) atoms. The van der Waals surface area contributed by atoms with Crippen molar-refractivity contribution >= 4 is 11.8 Å². The molecule has 5 heteroatoms. The van der Waals surface area contributed by atoms with Crippen LogP contribution in [0.15, 0.2) is 30.3 Å². The summed E-state index contributed by atoms with van der Waals surface area (Å²) in [5, 5.41) is 6.46. The molecule has 2 heterocycles. The van der Waals surface area contributed by atoms with Gasteiger partial charge in [0.1, 0.15) is 5.54 Å². The van der Waals surface area contributed by atoms with E-state index in [2.05, 4.69) is 10.6 Å². The largest absolute Gasteiger partial charge is 0.351 e. The molecular formula is C18H25N3O2. The van der Waals surface area contributed by atoms with Crippen LogP contribution in [0, 0.1) is 0 Å². The van der Waals surface area contributed by atoms with Gasteiger partial charge >= 0.3 is 0 Å². The standard InChI is InChI=1S/C18H25N3O2/c1-18(17(23)20-15-8-11-19-12-9-15)10-5-13-21(18)16(22)14-6-3-2-4-7-14/h2-4,6-7,15,19H,5,8-13H2,1H3,(H,20,23). The first-order valence-corrected chi connectivity index (χ1v) is 8.50. The lowest BCUT2D eigenvalue weighted by molar-refractivity contribution is -0.130. The summed E-state index contributed by atoms with van der Waals surface area (Å²) in [5.41, 5.74) is -0.0899. The van der Waals surface area contributed by atoms with Crippen LogP contribution >= 0.6 is 0 Å². The molecule has 2 amide bonds. The molecular weight excluding hydrogens is 290 g/mol. The second kappa shape index (κ2) is 6.71. The van der Waals surface area contributed by atoms with Crippen molar-refractivity contribution in [3.8, 4) is 0 Å². The number of carbonyl (C=O) groups excluding carboxylic acids is 2. The van der Waals surface area contributed by atoms with Gasteiger partial charge in [0.05, 0.1) is 0 Å². The normalized spacial score (nSPS) is 25.3. The Balaban J connectivity index is 1.73. The summed E-state index contributed by atoms with van der Waals surface area (Å²) in [6.45, 7) is 4.42. The fourth-order valence-corrected chi connectivity index (χ4v) is 3.57. The van der Waals surface area contributed by atoms with Gasteiger partial charge < -0.3 is 15.5 Å². The molecule has 2 aliphatic heterocycles. The molecule has 3 rings (SSSR count). The average Bonchev–Trinajstić information content (AvgIpc) is 2.99. The van der Waals surface area contributed by atoms with E-state index in [4.69, 9.17) is 0 Å². The van der Waals surface area contributed by atoms with Crippen molar-refractivity contribution in [1.29, 1.82) is 0 Å². The zero-order valence-corrected chi connectivity index (χ0v) is 13.7. The van der Waals surface area contributed by atoms with Crippen LogP contribution in [-0.4, -0.2) is 47.9 Å². The lowest BCUT2D eigenvalue weighted by Gasteiger charge is -2.36. The number of nitrogens with zero attached hydrogens (tertiary/aromatic N) is 1. The molecule has 0 aliphatic carbocycles. The molecule has 0 radical (unpaired) electrons. The highest BCUT2D eigenvalue weighted by Crippen LogP contribution is 2.31. The molecule has 2 aliphatic rings. The van der Waals surface area contributed by atoms with E-state index in [0.717, 1.165) is 38.8 Å². The Morgan fingerprint density at radius 3 is 2.61 bits per heavy atom. The summed E-state index contributed by atoms with van der Waals surface area (Å²) in [5.74, 6) is -0.0581. The zero-order valence-electron chi connectivity index (χ0n) is 13.7. The first-order chi connectivity index (χ1) is 11.1. The van der Waals surface area contributed by atoms with Crippen molar-refractivity contribution in [2.24, 2.45) is 0 Å². The van der Waals surface area contributed by atoms with Crippen molar-refractivity contribution in [3.05, 3.63) is 35.9 Å². The Hall–Kier alpha value is -1.88. The maximum absolute atomic E-state index is 12.9. The average molecular weight is 315 g/mol. The van der Waals surface area contributed by atoms with Crippen LogP contribution in [0.3, 0.4) is 0 Å². The number of nitrogens with one attached hydrogen (secondary N) is 2. The first-order valence-electron chi connectivity index (χ1n) is 8.50. The highest BCUT2D eigenvalue weighted by atomic mass is 16.2. The van der Waals surface area contributed by atoms with Gasteiger partial charge in [-0.15, -0.1) is 0 Å². The maximum Gasteiger partial charge on any atom is 0.254 e. The number of amides is 2. The minimum atomic E-state index is -0.738.